The van der Waals surface area contributed by atoms with E-state index in [4.69, 9.17) is 0 Å². The van der Waals surface area contributed by atoms with Crippen LogP contribution in [0.2, 0.25) is 0 Å². The van der Waals surface area contributed by atoms with E-state index < -0.39 is 0 Å². The first-order chi connectivity index (χ1) is 0. The van der Waals surface area contributed by atoms with Crippen molar-refractivity contribution in [2.45, 2.75) is 7.43 Å². The normalized spacial score (nSPS) is 0. The van der Waals surface area contributed by atoms with E-state index in [1.54, 1.807) is 0 Å². The van der Waals surface area contributed by atoms with E-state index in [9.17, 15) is 0 Å². The van der Waals surface area contributed by atoms with E-state index in [1.807, 2.05) is 0 Å². The Morgan fingerprint density at radius 1 is 0.429 bits per heavy atom. The summed E-state index contributed by atoms with van der Waals surface area (Å²) < 4.78 is 0. The van der Waals surface area contributed by atoms with Gasteiger partial charge < -0.3 is 29.7 Å². The third-order valence-electron chi connectivity index (χ3n) is 0. The maximum atomic E-state index is 0. The van der Waals surface area contributed by atoms with E-state index >= 15 is 0 Å². The Morgan fingerprint density at radius 2 is 0.429 bits per heavy atom. The zero-order valence-electron chi connectivity index (χ0n) is 5.15. The fourth-order valence-electron chi connectivity index (χ4n) is 0. The predicted molar refractivity (Wildman–Crippen MR) is 32.4 cm³/mol. The van der Waals surface area contributed by atoms with Gasteiger partial charge >= 0.3 is 0 Å². The van der Waals surface area contributed by atoms with Gasteiger partial charge in [-0.25, -0.2) is 0 Å². The van der Waals surface area contributed by atoms with Crippen LogP contribution in [0.5, 0.6) is 0 Å². The van der Waals surface area contributed by atoms with Crippen LogP contribution in [0.25, 0.3) is 0 Å². The van der Waals surface area contributed by atoms with E-state index in [0.29, 0.717) is 0 Å². The molecule has 0 aliphatic carbocycles. The molecule has 2 radical (unpaired) electrons. The number of hydrogen-bond donors (Lipinski definition) is 0. The molecule has 0 saturated heterocycles. The number of rotatable bonds is 0. The third kappa shape index (κ3) is 64.9. The molecule has 0 saturated carbocycles. The van der Waals surface area contributed by atoms with Crippen molar-refractivity contribution in [1.29, 1.82) is 0 Å². The van der Waals surface area contributed by atoms with Gasteiger partial charge in [0.25, 0.3) is 0 Å². The summed E-state index contributed by atoms with van der Waals surface area (Å²) in [5, 5.41) is 0. The van der Waals surface area contributed by atoms with Gasteiger partial charge in [-0.05, 0) is 0 Å². The van der Waals surface area contributed by atoms with Crippen LogP contribution < -0.4 is 0 Å². The van der Waals surface area contributed by atoms with E-state index in [1.165, 1.54) is 0 Å². The summed E-state index contributed by atoms with van der Waals surface area (Å²) in [7, 11) is 0. The minimum Gasteiger partial charge on any atom is -0.358 e. The van der Waals surface area contributed by atoms with Crippen LogP contribution in [0.4, 0.5) is 0 Å². The van der Waals surface area contributed by atoms with E-state index in [2.05, 4.69) is 0 Å². The van der Waals surface area contributed by atoms with Crippen molar-refractivity contribution in [3.63, 3.8) is 0 Å². The summed E-state index contributed by atoms with van der Waals surface area (Å²) in [5.41, 5.74) is 0. The molecule has 0 nitrogen and oxygen atoms in total. The standard InChI is InChI=1S/CH4.4CH3.2Y/h1H4;4*1H3;;/q;4*-1;;. The largest absolute Gasteiger partial charge is 0.358 e. The quantitative estimate of drug-likeness (QED) is 0.582. The van der Waals surface area contributed by atoms with Crippen molar-refractivity contribution in [2.24, 2.45) is 0 Å². The Hall–Kier alpha value is 2.21. The first-order valence-electron chi connectivity index (χ1n) is 0. The molecule has 0 bridgehead atoms. The first kappa shape index (κ1) is 127. The Morgan fingerprint density at radius 3 is 0.429 bits per heavy atom. The molecule has 0 aromatic heterocycles. The van der Waals surface area contributed by atoms with Crippen LogP contribution in [-0.2, 0) is 65.4 Å². The Balaban J connectivity index is 0. The fourth-order valence-corrected chi connectivity index (χ4v) is 0. The van der Waals surface area contributed by atoms with Crippen molar-refractivity contribution >= 4 is 0 Å². The van der Waals surface area contributed by atoms with Crippen LogP contribution in [0.3, 0.4) is 0 Å². The van der Waals surface area contributed by atoms with Gasteiger partial charge in [-0.2, -0.15) is 0 Å². The molecule has 0 aromatic rings. The zero-order chi connectivity index (χ0) is 0. The first-order valence-corrected chi connectivity index (χ1v) is 0. The summed E-state index contributed by atoms with van der Waals surface area (Å²) in [4.78, 5) is 0. The van der Waals surface area contributed by atoms with Gasteiger partial charge in [0.2, 0.25) is 0 Å². The maximum Gasteiger partial charge on any atom is 0 e. The second-order valence-electron chi connectivity index (χ2n) is 0. The SMILES string of the molecule is C.[CH3-].[CH3-].[CH3-].[CH3-].[Y].[Y]. The van der Waals surface area contributed by atoms with E-state index in [0.717, 1.165) is 0 Å². The molecule has 0 aliphatic heterocycles. The molecule has 2 heteroatoms. The Bertz CT molecular complexity index is 6.04. The van der Waals surface area contributed by atoms with Gasteiger partial charge in [0, 0.05) is 65.4 Å². The molecule has 0 fully saturated rings. The molecule has 7 heavy (non-hydrogen) atoms. The van der Waals surface area contributed by atoms with Gasteiger partial charge in [-0.1, -0.05) is 7.43 Å². The van der Waals surface area contributed by atoms with Crippen LogP contribution >= 0.6 is 0 Å². The average Bonchev–Trinajstić information content (AvgIpc) is 0. The van der Waals surface area contributed by atoms with Crippen molar-refractivity contribution in [3.8, 4) is 0 Å². The molecule has 0 N–H and O–H groups in total. The number of hydrogen-bond acceptors (Lipinski definition) is 0. The van der Waals surface area contributed by atoms with Crippen LogP contribution in [0.15, 0.2) is 0 Å². The molecule has 0 aromatic carbocycles. The second-order valence-corrected chi connectivity index (χ2v) is 0. The summed E-state index contributed by atoms with van der Waals surface area (Å²) in [6.07, 6.45) is 0. The molecule has 0 atom stereocenters. The fraction of sp³-hybridized carbons (Fsp3) is 0.200. The average molecular weight is 254 g/mol. The summed E-state index contributed by atoms with van der Waals surface area (Å²) in [6.45, 7) is 0. The van der Waals surface area contributed by atoms with Crippen molar-refractivity contribution in [1.82, 2.24) is 0 Å². The Labute approximate surface area is 101 Å². The monoisotopic (exact) mass is 254 g/mol. The minimum absolute atomic E-state index is 0. The molecule has 46 valence electrons. The van der Waals surface area contributed by atoms with Crippen molar-refractivity contribution in [3.05, 3.63) is 29.7 Å². The molecule has 0 heterocycles. The molecular formula is C5H16Y2-4. The van der Waals surface area contributed by atoms with Crippen LogP contribution in [0, 0.1) is 29.7 Å². The Kier molecular flexibility index (Phi) is 1590. The maximum absolute atomic E-state index is 0. The molecule has 0 amide bonds. The van der Waals surface area contributed by atoms with Crippen molar-refractivity contribution in [2.75, 3.05) is 0 Å². The summed E-state index contributed by atoms with van der Waals surface area (Å²) >= 11 is 0. The van der Waals surface area contributed by atoms with Crippen LogP contribution in [0.1, 0.15) is 7.43 Å². The molecule has 0 aliphatic rings. The summed E-state index contributed by atoms with van der Waals surface area (Å²) in [5.74, 6) is 0. The summed E-state index contributed by atoms with van der Waals surface area (Å²) in [6, 6.07) is 0. The van der Waals surface area contributed by atoms with Crippen LogP contribution in [-0.4, -0.2) is 0 Å². The van der Waals surface area contributed by atoms with E-state index in [-0.39, 0.29) is 103 Å². The molecule has 0 unspecified atom stereocenters. The molecular weight excluding hydrogens is 238 g/mol. The second kappa shape index (κ2) is 87.5. The smallest absolute Gasteiger partial charge is 0 e. The minimum atomic E-state index is 0. The van der Waals surface area contributed by atoms with Gasteiger partial charge in [0.1, 0.15) is 0 Å². The molecule has 0 rings (SSSR count). The van der Waals surface area contributed by atoms with Gasteiger partial charge in [-0.15, -0.1) is 0 Å². The molecule has 0 spiro atoms. The predicted octanol–water partition coefficient (Wildman–Crippen LogP) is 2.43. The zero-order valence-corrected chi connectivity index (χ0v) is 10.8. The van der Waals surface area contributed by atoms with Gasteiger partial charge in [0.15, 0.2) is 0 Å². The van der Waals surface area contributed by atoms with Gasteiger partial charge in [-0.3, -0.25) is 0 Å². The van der Waals surface area contributed by atoms with Crippen molar-refractivity contribution < 1.29 is 65.4 Å². The third-order valence-corrected chi connectivity index (χ3v) is 0. The topological polar surface area (TPSA) is 0 Å². The van der Waals surface area contributed by atoms with Gasteiger partial charge in [0.05, 0.1) is 0 Å².